The van der Waals surface area contributed by atoms with Gasteiger partial charge in [-0.2, -0.15) is 5.10 Å². The van der Waals surface area contributed by atoms with Crippen molar-refractivity contribution in [3.63, 3.8) is 0 Å². The van der Waals surface area contributed by atoms with Crippen molar-refractivity contribution in [3.8, 4) is 23.1 Å². The van der Waals surface area contributed by atoms with E-state index < -0.39 is 23.2 Å². The highest BCUT2D eigenvalue weighted by Crippen LogP contribution is 2.39. The van der Waals surface area contributed by atoms with Gasteiger partial charge < -0.3 is 14.6 Å². The van der Waals surface area contributed by atoms with Crippen LogP contribution in [0.3, 0.4) is 0 Å². The fourth-order valence-corrected chi connectivity index (χ4v) is 4.11. The van der Waals surface area contributed by atoms with E-state index in [4.69, 9.17) is 9.47 Å². The number of nitrogens with one attached hydrogen (secondary N) is 1. The van der Waals surface area contributed by atoms with Gasteiger partial charge in [0, 0.05) is 25.0 Å². The lowest BCUT2D eigenvalue weighted by Gasteiger charge is -2.22. The van der Waals surface area contributed by atoms with E-state index in [0.29, 0.717) is 22.7 Å². The molecule has 4 rings (SSSR count). The molecule has 0 saturated heterocycles. The first kappa shape index (κ1) is 22.8. The molecule has 0 unspecified atom stereocenters. The Morgan fingerprint density at radius 3 is 2.53 bits per heavy atom. The number of methoxy groups -OCH3 is 2. The summed E-state index contributed by atoms with van der Waals surface area (Å²) in [6.45, 7) is 3.14. The Kier molecular flexibility index (Phi) is 5.97. The smallest absolute Gasteiger partial charge is 0.335 e. The van der Waals surface area contributed by atoms with Crippen molar-refractivity contribution in [2.75, 3.05) is 14.2 Å². The summed E-state index contributed by atoms with van der Waals surface area (Å²) in [6.07, 6.45) is 0.116. The van der Waals surface area contributed by atoms with E-state index in [1.54, 1.807) is 49.4 Å². The third kappa shape index (κ3) is 3.83. The molecule has 2 heterocycles. The maximum absolute atomic E-state index is 12.8. The van der Waals surface area contributed by atoms with Gasteiger partial charge in [0.2, 0.25) is 11.8 Å². The molecule has 34 heavy (non-hydrogen) atoms. The van der Waals surface area contributed by atoms with Crippen LogP contribution in [-0.4, -0.2) is 45.5 Å². The van der Waals surface area contributed by atoms with Gasteiger partial charge in [-0.15, -0.1) is 0 Å². The fraction of sp³-hybridized carbons (Fsp3) is 0.250. The number of ether oxygens (including phenoxy) is 2. The number of amides is 1. The van der Waals surface area contributed by atoms with Crippen molar-refractivity contribution in [1.82, 2.24) is 14.6 Å². The quantitative estimate of drug-likeness (QED) is 0.597. The normalized spacial score (nSPS) is 15.2. The van der Waals surface area contributed by atoms with Crippen LogP contribution in [0.2, 0.25) is 0 Å². The first-order chi connectivity index (χ1) is 16.3. The maximum atomic E-state index is 12.8. The number of nitrogens with zero attached hydrogens (tertiary/aromatic N) is 3. The first-order valence-electron chi connectivity index (χ1n) is 10.5. The number of aromatic nitrogens is 2. The van der Waals surface area contributed by atoms with Crippen molar-refractivity contribution in [3.05, 3.63) is 80.0 Å². The Labute approximate surface area is 194 Å². The SMILES string of the molecule is COc1ccc([C@H]2CC(c3c(O)n(-c4ccccc4C)c(=O)[nH]c3=O)=NN2C(C)=O)c(OC)c1. The molecule has 0 bridgehead atoms. The van der Waals surface area contributed by atoms with Gasteiger partial charge in [-0.3, -0.25) is 14.6 Å². The average Bonchev–Trinajstić information content (AvgIpc) is 3.24. The predicted octanol–water partition coefficient (Wildman–Crippen LogP) is 2.25. The summed E-state index contributed by atoms with van der Waals surface area (Å²) in [4.78, 5) is 40.1. The largest absolute Gasteiger partial charge is 0.497 e. The molecule has 1 amide bonds. The highest BCUT2D eigenvalue weighted by Gasteiger charge is 2.36. The van der Waals surface area contributed by atoms with Crippen LogP contribution in [0.4, 0.5) is 0 Å². The van der Waals surface area contributed by atoms with E-state index >= 15 is 0 Å². The number of carbonyl (C=O) groups is 1. The zero-order valence-electron chi connectivity index (χ0n) is 19.2. The molecule has 10 nitrogen and oxygen atoms in total. The monoisotopic (exact) mass is 464 g/mol. The molecule has 1 aliphatic rings. The molecule has 0 fully saturated rings. The minimum Gasteiger partial charge on any atom is -0.497 e. The maximum Gasteiger partial charge on any atom is 0.335 e. The van der Waals surface area contributed by atoms with Gasteiger partial charge in [0.05, 0.1) is 31.7 Å². The second-order valence-electron chi connectivity index (χ2n) is 7.82. The highest BCUT2D eigenvalue weighted by molar-refractivity contribution is 6.04. The van der Waals surface area contributed by atoms with Gasteiger partial charge in [0.15, 0.2) is 0 Å². The van der Waals surface area contributed by atoms with E-state index in [1.807, 2.05) is 0 Å². The number of H-pyrrole nitrogens is 1. The molecule has 0 aliphatic carbocycles. The Morgan fingerprint density at radius 1 is 1.15 bits per heavy atom. The van der Waals surface area contributed by atoms with Gasteiger partial charge in [-0.1, -0.05) is 18.2 Å². The summed E-state index contributed by atoms with van der Waals surface area (Å²) in [5.41, 5.74) is 0.201. The number of hydrogen-bond donors (Lipinski definition) is 2. The van der Waals surface area contributed by atoms with Gasteiger partial charge in [0.25, 0.3) is 5.56 Å². The topological polar surface area (TPSA) is 126 Å². The number of carbonyl (C=O) groups excluding carboxylic acids is 1. The van der Waals surface area contributed by atoms with E-state index in [-0.39, 0.29) is 23.6 Å². The lowest BCUT2D eigenvalue weighted by Crippen LogP contribution is -2.33. The lowest BCUT2D eigenvalue weighted by molar-refractivity contribution is -0.130. The van der Waals surface area contributed by atoms with Crippen LogP contribution in [0.1, 0.15) is 36.1 Å². The van der Waals surface area contributed by atoms with Crippen LogP contribution in [0.25, 0.3) is 5.69 Å². The summed E-state index contributed by atoms with van der Waals surface area (Å²) >= 11 is 0. The zero-order valence-corrected chi connectivity index (χ0v) is 19.2. The average molecular weight is 464 g/mol. The summed E-state index contributed by atoms with van der Waals surface area (Å²) < 4.78 is 11.8. The van der Waals surface area contributed by atoms with E-state index in [9.17, 15) is 19.5 Å². The predicted molar refractivity (Wildman–Crippen MR) is 125 cm³/mol. The van der Waals surface area contributed by atoms with E-state index in [0.717, 1.165) is 10.1 Å². The van der Waals surface area contributed by atoms with Crippen LogP contribution in [-0.2, 0) is 4.79 Å². The minimum absolute atomic E-state index is 0.116. The Hall–Kier alpha value is -4.34. The van der Waals surface area contributed by atoms with Crippen molar-refractivity contribution < 1.29 is 19.4 Å². The fourth-order valence-electron chi connectivity index (χ4n) is 4.11. The molecule has 2 N–H and O–H groups in total. The van der Waals surface area contributed by atoms with Crippen LogP contribution >= 0.6 is 0 Å². The van der Waals surface area contributed by atoms with Crippen molar-refractivity contribution in [2.45, 2.75) is 26.3 Å². The van der Waals surface area contributed by atoms with Gasteiger partial charge in [0.1, 0.15) is 17.1 Å². The number of para-hydroxylation sites is 1. The second kappa shape index (κ2) is 8.89. The van der Waals surface area contributed by atoms with Crippen molar-refractivity contribution >= 4 is 11.6 Å². The zero-order chi connectivity index (χ0) is 24.6. The first-order valence-corrected chi connectivity index (χ1v) is 10.5. The summed E-state index contributed by atoms with van der Waals surface area (Å²) in [5.74, 6) is 0.150. The molecule has 1 aromatic heterocycles. The van der Waals surface area contributed by atoms with Crippen LogP contribution in [0, 0.1) is 6.92 Å². The summed E-state index contributed by atoms with van der Waals surface area (Å²) in [6, 6.07) is 11.5. The molecular formula is C24H24N4O6. The number of aromatic hydroxyl groups is 1. The molecule has 1 atom stereocenters. The minimum atomic E-state index is -0.795. The summed E-state index contributed by atoms with van der Waals surface area (Å²) in [5, 5.41) is 16.7. The van der Waals surface area contributed by atoms with Gasteiger partial charge >= 0.3 is 5.69 Å². The number of aromatic amines is 1. The molecule has 10 heteroatoms. The molecule has 2 aromatic carbocycles. The summed E-state index contributed by atoms with van der Waals surface area (Å²) in [7, 11) is 3.03. The molecule has 0 radical (unpaired) electrons. The van der Waals surface area contributed by atoms with Gasteiger partial charge in [-0.05, 0) is 30.7 Å². The number of aryl methyl sites for hydroxylation is 1. The third-order valence-electron chi connectivity index (χ3n) is 5.76. The third-order valence-corrected chi connectivity index (χ3v) is 5.76. The number of benzene rings is 2. The number of rotatable bonds is 5. The number of hydrazone groups is 1. The Bertz CT molecular complexity index is 1420. The standard InChI is InChI=1S/C24H24N4O6/c1-13-7-5-6-8-18(13)27-23(31)21(22(30)25-24(27)32)17-12-19(28(26-17)14(2)29)16-10-9-15(33-3)11-20(16)34-4/h5-11,19,31H,12H2,1-4H3,(H,25,30,32)/t19-/m1/s1. The van der Waals surface area contributed by atoms with Crippen LogP contribution < -0.4 is 20.7 Å². The second-order valence-corrected chi connectivity index (χ2v) is 7.82. The highest BCUT2D eigenvalue weighted by atomic mass is 16.5. The Morgan fingerprint density at radius 2 is 1.88 bits per heavy atom. The van der Waals surface area contributed by atoms with E-state index in [2.05, 4.69) is 10.1 Å². The Balaban J connectivity index is 1.85. The van der Waals surface area contributed by atoms with Crippen LogP contribution in [0.5, 0.6) is 17.4 Å². The van der Waals surface area contributed by atoms with Crippen molar-refractivity contribution in [2.24, 2.45) is 5.10 Å². The molecule has 3 aromatic rings. The van der Waals surface area contributed by atoms with E-state index in [1.165, 1.54) is 26.2 Å². The number of hydrogen-bond acceptors (Lipinski definition) is 7. The van der Waals surface area contributed by atoms with Crippen LogP contribution in [0.15, 0.2) is 57.2 Å². The van der Waals surface area contributed by atoms with Gasteiger partial charge in [-0.25, -0.2) is 14.4 Å². The molecule has 176 valence electrons. The molecule has 0 saturated carbocycles. The van der Waals surface area contributed by atoms with Crippen molar-refractivity contribution in [1.29, 1.82) is 0 Å². The molecule has 1 aliphatic heterocycles. The lowest BCUT2D eigenvalue weighted by atomic mass is 9.98. The molecular weight excluding hydrogens is 440 g/mol. The molecule has 0 spiro atoms.